The third kappa shape index (κ3) is 4.45. The molecule has 20 heavy (non-hydrogen) atoms. The number of hydrogen-bond acceptors (Lipinski definition) is 4. The fraction of sp³-hybridized carbons (Fsp3) is 0. The van der Waals surface area contributed by atoms with Gasteiger partial charge in [-0.3, -0.25) is 5.14 Å². The van der Waals surface area contributed by atoms with Crippen LogP contribution in [0.5, 0.6) is 0 Å². The lowest BCUT2D eigenvalue weighted by Gasteiger charge is -2.07. The van der Waals surface area contributed by atoms with Crippen LogP contribution < -0.4 is 9.86 Å². The minimum absolute atomic E-state index is 0.299. The maximum absolute atomic E-state index is 13.2. The normalized spacial score (nSPS) is 10.9. The highest BCUT2D eigenvalue weighted by Gasteiger charge is 2.02. The molecule has 0 saturated carbocycles. The van der Waals surface area contributed by atoms with E-state index in [1.807, 2.05) is 35.7 Å². The Balaban J connectivity index is 1.95. The van der Waals surface area contributed by atoms with E-state index in [1.54, 1.807) is 6.07 Å². The molecule has 0 fully saturated rings. The summed E-state index contributed by atoms with van der Waals surface area (Å²) >= 11 is 8.23. The monoisotopic (exact) mass is 326 g/mol. The topological polar surface area (TPSA) is 38.0 Å². The largest absolute Gasteiger partial charge is 0.325 e. The summed E-state index contributed by atoms with van der Waals surface area (Å²) in [5.41, 5.74) is 1.69. The molecule has 0 unspecified atom stereocenters. The van der Waals surface area contributed by atoms with Crippen LogP contribution in [0, 0.1) is 5.82 Å². The van der Waals surface area contributed by atoms with E-state index in [9.17, 15) is 4.39 Å². The van der Waals surface area contributed by atoms with Crippen LogP contribution in [0.15, 0.2) is 52.8 Å². The Bertz CT molecular complexity index is 603. The van der Waals surface area contributed by atoms with E-state index in [0.29, 0.717) is 10.7 Å². The lowest BCUT2D eigenvalue weighted by molar-refractivity contribution is 0.627. The van der Waals surface area contributed by atoms with Crippen molar-refractivity contribution in [1.82, 2.24) is 0 Å². The van der Waals surface area contributed by atoms with Crippen molar-refractivity contribution in [2.24, 2.45) is 5.14 Å². The van der Waals surface area contributed by atoms with E-state index < -0.39 is 0 Å². The molecular weight excluding hydrogens is 315 g/mol. The third-order valence-corrected chi connectivity index (χ3v) is 3.91. The first-order valence-electron chi connectivity index (χ1n) is 5.69. The zero-order chi connectivity index (χ0) is 14.4. The second-order valence-electron chi connectivity index (χ2n) is 3.83. The fourth-order valence-electron chi connectivity index (χ4n) is 1.47. The predicted molar refractivity (Wildman–Crippen MR) is 88.1 cm³/mol. The van der Waals surface area contributed by atoms with Gasteiger partial charge in [-0.2, -0.15) is 0 Å². The van der Waals surface area contributed by atoms with E-state index in [0.717, 1.165) is 22.4 Å². The summed E-state index contributed by atoms with van der Waals surface area (Å²) < 4.78 is 16.2. The number of nitrogens with two attached hydrogens (primary N) is 1. The van der Waals surface area contributed by atoms with Crippen LogP contribution in [0.1, 0.15) is 5.56 Å². The van der Waals surface area contributed by atoms with E-state index in [4.69, 9.17) is 16.7 Å². The van der Waals surface area contributed by atoms with Gasteiger partial charge >= 0.3 is 0 Å². The number of halogens is 2. The van der Waals surface area contributed by atoms with E-state index in [2.05, 4.69) is 4.72 Å². The Labute approximate surface area is 130 Å². The van der Waals surface area contributed by atoms with Crippen molar-refractivity contribution in [1.29, 1.82) is 0 Å². The van der Waals surface area contributed by atoms with Gasteiger partial charge in [-0.05, 0) is 71.3 Å². The molecular formula is C14H12ClFN2S2. The first kappa shape index (κ1) is 15.3. The SMILES string of the molecule is NSc1ccc(F)cc1NS/C=C/c1ccc(Cl)cc1. The lowest BCUT2D eigenvalue weighted by Crippen LogP contribution is -1.91. The van der Waals surface area contributed by atoms with Crippen molar-refractivity contribution in [2.75, 3.05) is 4.72 Å². The number of rotatable bonds is 5. The van der Waals surface area contributed by atoms with Gasteiger partial charge in [0, 0.05) is 9.92 Å². The van der Waals surface area contributed by atoms with E-state index in [-0.39, 0.29) is 5.82 Å². The molecule has 0 aliphatic rings. The Morgan fingerprint density at radius 2 is 1.90 bits per heavy atom. The van der Waals surface area contributed by atoms with Crippen LogP contribution in [-0.2, 0) is 0 Å². The maximum atomic E-state index is 13.2. The van der Waals surface area contributed by atoms with Gasteiger partial charge in [0.25, 0.3) is 0 Å². The van der Waals surface area contributed by atoms with Gasteiger partial charge in [0.05, 0.1) is 5.69 Å². The quantitative estimate of drug-likeness (QED) is 0.743. The molecule has 0 atom stereocenters. The second-order valence-corrected chi connectivity index (χ2v) is 5.66. The number of anilines is 1. The molecule has 2 aromatic carbocycles. The zero-order valence-electron chi connectivity index (χ0n) is 10.3. The van der Waals surface area contributed by atoms with Crippen molar-refractivity contribution in [3.8, 4) is 0 Å². The van der Waals surface area contributed by atoms with Gasteiger partial charge in [-0.15, -0.1) is 0 Å². The zero-order valence-corrected chi connectivity index (χ0v) is 12.7. The summed E-state index contributed by atoms with van der Waals surface area (Å²) in [5, 5.41) is 8.10. The molecule has 0 spiro atoms. The van der Waals surface area contributed by atoms with Crippen LogP contribution in [0.3, 0.4) is 0 Å². The molecule has 104 valence electrons. The molecule has 0 saturated heterocycles. The van der Waals surface area contributed by atoms with Crippen molar-refractivity contribution in [2.45, 2.75) is 4.90 Å². The molecule has 0 bridgehead atoms. The highest BCUT2D eigenvalue weighted by Crippen LogP contribution is 2.27. The van der Waals surface area contributed by atoms with Crippen LogP contribution in [-0.4, -0.2) is 0 Å². The van der Waals surface area contributed by atoms with Gasteiger partial charge < -0.3 is 4.72 Å². The average Bonchev–Trinajstić information content (AvgIpc) is 2.46. The summed E-state index contributed by atoms with van der Waals surface area (Å²) in [5.74, 6) is -0.299. The summed E-state index contributed by atoms with van der Waals surface area (Å²) in [6, 6.07) is 11.9. The maximum Gasteiger partial charge on any atom is 0.125 e. The third-order valence-electron chi connectivity index (χ3n) is 2.44. The van der Waals surface area contributed by atoms with E-state index in [1.165, 1.54) is 24.1 Å². The van der Waals surface area contributed by atoms with Crippen LogP contribution >= 0.6 is 35.5 Å². The molecule has 0 aromatic heterocycles. The molecule has 2 rings (SSSR count). The molecule has 3 N–H and O–H groups in total. The summed E-state index contributed by atoms with van der Waals surface area (Å²) in [4.78, 5) is 0.791. The van der Waals surface area contributed by atoms with Gasteiger partial charge in [-0.1, -0.05) is 23.7 Å². The number of benzene rings is 2. The van der Waals surface area contributed by atoms with Crippen LogP contribution in [0.25, 0.3) is 6.08 Å². The molecule has 0 heterocycles. The van der Waals surface area contributed by atoms with Gasteiger partial charge in [-0.25, -0.2) is 4.39 Å². The molecule has 2 nitrogen and oxygen atoms in total. The molecule has 0 aliphatic carbocycles. The second kappa shape index (κ2) is 7.59. The van der Waals surface area contributed by atoms with Crippen molar-refractivity contribution in [3.05, 3.63) is 64.3 Å². The number of hydrogen-bond donors (Lipinski definition) is 2. The minimum Gasteiger partial charge on any atom is -0.325 e. The molecule has 2 aromatic rings. The van der Waals surface area contributed by atoms with Crippen LogP contribution in [0.4, 0.5) is 10.1 Å². The molecule has 0 aliphatic heterocycles. The average molecular weight is 327 g/mol. The van der Waals surface area contributed by atoms with Gasteiger partial charge in [0.15, 0.2) is 0 Å². The summed E-state index contributed by atoms with van der Waals surface area (Å²) in [6.45, 7) is 0. The fourth-order valence-corrected chi connectivity index (χ4v) is 2.63. The standard InChI is InChI=1S/C14H12ClFN2S2/c15-11-3-1-10(2-4-11)7-8-19-18-13-9-12(16)5-6-14(13)20-17/h1-9,18H,17H2/b8-7+. The highest BCUT2D eigenvalue weighted by atomic mass is 35.5. The molecule has 0 radical (unpaired) electrons. The first-order valence-corrected chi connectivity index (χ1v) is 7.83. The van der Waals surface area contributed by atoms with Gasteiger partial charge in [0.2, 0.25) is 0 Å². The molecule has 6 heteroatoms. The smallest absolute Gasteiger partial charge is 0.125 e. The van der Waals surface area contributed by atoms with Crippen molar-refractivity contribution < 1.29 is 4.39 Å². The minimum atomic E-state index is -0.299. The number of nitrogens with one attached hydrogen (secondary N) is 1. The predicted octanol–water partition coefficient (Wildman–Crippen LogP) is 5.18. The van der Waals surface area contributed by atoms with Gasteiger partial charge in [0.1, 0.15) is 5.82 Å². The Morgan fingerprint density at radius 1 is 1.15 bits per heavy atom. The summed E-state index contributed by atoms with van der Waals surface area (Å²) in [6.07, 6.45) is 1.93. The van der Waals surface area contributed by atoms with Crippen molar-refractivity contribution >= 4 is 47.3 Å². The van der Waals surface area contributed by atoms with E-state index >= 15 is 0 Å². The Hall–Kier alpha value is -1.14. The van der Waals surface area contributed by atoms with Crippen LogP contribution in [0.2, 0.25) is 5.02 Å². The molecule has 0 amide bonds. The highest BCUT2D eigenvalue weighted by molar-refractivity contribution is 8.03. The summed E-state index contributed by atoms with van der Waals surface area (Å²) in [7, 11) is 0. The lowest BCUT2D eigenvalue weighted by atomic mass is 10.2. The van der Waals surface area contributed by atoms with Crippen molar-refractivity contribution in [3.63, 3.8) is 0 Å². The Kier molecular flexibility index (Phi) is 5.79. The first-order chi connectivity index (χ1) is 9.69. The Morgan fingerprint density at radius 3 is 2.60 bits per heavy atom.